The van der Waals surface area contributed by atoms with Gasteiger partial charge in [-0.3, -0.25) is 4.79 Å². The van der Waals surface area contributed by atoms with Crippen molar-refractivity contribution in [3.05, 3.63) is 71.5 Å². The Morgan fingerprint density at radius 1 is 1.10 bits per heavy atom. The molecular weight excluding hydrogens is 277 g/mol. The number of amides is 1. The van der Waals surface area contributed by atoms with E-state index in [1.165, 1.54) is 12.1 Å². The van der Waals surface area contributed by atoms with Crippen LogP contribution in [0.4, 0.5) is 4.39 Å². The summed E-state index contributed by atoms with van der Waals surface area (Å²) in [5, 5.41) is 0. The van der Waals surface area contributed by atoms with Crippen LogP contribution in [0.5, 0.6) is 0 Å². The van der Waals surface area contributed by atoms with Gasteiger partial charge in [0, 0.05) is 7.05 Å². The minimum atomic E-state index is -0.299. The molecular formula is C16H15ClFNO. The predicted octanol–water partition coefficient (Wildman–Crippen LogP) is 3.61. The molecule has 20 heavy (non-hydrogen) atoms. The second-order valence-corrected chi connectivity index (χ2v) is 4.77. The van der Waals surface area contributed by atoms with Crippen molar-refractivity contribution in [2.75, 3.05) is 12.9 Å². The number of nitrogens with zero attached hydrogens (tertiary/aromatic N) is 1. The van der Waals surface area contributed by atoms with E-state index >= 15 is 0 Å². The molecule has 2 aromatic rings. The van der Waals surface area contributed by atoms with Crippen molar-refractivity contribution in [1.82, 2.24) is 4.90 Å². The molecule has 0 fully saturated rings. The lowest BCUT2D eigenvalue weighted by Gasteiger charge is -2.28. The maximum atomic E-state index is 13.1. The summed E-state index contributed by atoms with van der Waals surface area (Å²) in [6.07, 6.45) is 0. The maximum Gasteiger partial charge on any atom is 0.238 e. The molecule has 2 nitrogen and oxygen atoms in total. The lowest BCUT2D eigenvalue weighted by atomic mass is 9.97. The van der Waals surface area contributed by atoms with Crippen molar-refractivity contribution in [1.29, 1.82) is 0 Å². The molecule has 0 saturated carbocycles. The van der Waals surface area contributed by atoms with E-state index in [9.17, 15) is 9.18 Å². The van der Waals surface area contributed by atoms with Gasteiger partial charge in [0.05, 0.1) is 6.04 Å². The molecule has 0 saturated heterocycles. The molecule has 1 amide bonds. The summed E-state index contributed by atoms with van der Waals surface area (Å²) in [6, 6.07) is 15.5. The second-order valence-electron chi connectivity index (χ2n) is 4.50. The van der Waals surface area contributed by atoms with E-state index in [1.54, 1.807) is 24.1 Å². The first-order chi connectivity index (χ1) is 9.63. The molecule has 0 N–H and O–H groups in total. The van der Waals surface area contributed by atoms with Gasteiger partial charge in [0.25, 0.3) is 0 Å². The molecule has 0 aliphatic heterocycles. The summed E-state index contributed by atoms with van der Waals surface area (Å²) in [7, 11) is 1.70. The Bertz CT molecular complexity index is 571. The van der Waals surface area contributed by atoms with E-state index in [2.05, 4.69) is 0 Å². The molecule has 0 spiro atoms. The molecule has 0 aromatic heterocycles. The quantitative estimate of drug-likeness (QED) is 0.788. The minimum absolute atomic E-state index is 0.0823. The summed E-state index contributed by atoms with van der Waals surface area (Å²) >= 11 is 5.64. The number of benzene rings is 2. The fraction of sp³-hybridized carbons (Fsp3) is 0.188. The van der Waals surface area contributed by atoms with Gasteiger partial charge in [-0.15, -0.1) is 11.6 Å². The fourth-order valence-corrected chi connectivity index (χ4v) is 2.35. The largest absolute Gasteiger partial charge is 0.334 e. The molecule has 1 atom stereocenters. The molecule has 0 unspecified atom stereocenters. The number of alkyl halides is 1. The third kappa shape index (κ3) is 3.17. The maximum absolute atomic E-state index is 13.1. The second kappa shape index (κ2) is 6.53. The number of hydrogen-bond acceptors (Lipinski definition) is 1. The Balaban J connectivity index is 2.44. The van der Waals surface area contributed by atoms with Crippen LogP contribution >= 0.6 is 11.6 Å². The highest BCUT2D eigenvalue weighted by Crippen LogP contribution is 2.27. The molecule has 0 bridgehead atoms. The summed E-state index contributed by atoms with van der Waals surface area (Å²) in [4.78, 5) is 13.5. The lowest BCUT2D eigenvalue weighted by Crippen LogP contribution is -2.32. The zero-order valence-electron chi connectivity index (χ0n) is 11.1. The van der Waals surface area contributed by atoms with Gasteiger partial charge in [-0.2, -0.15) is 0 Å². The molecule has 4 heteroatoms. The van der Waals surface area contributed by atoms with Gasteiger partial charge >= 0.3 is 0 Å². The standard InChI is InChI=1S/C16H15ClFNO/c1-19(15(20)11-17)16(12-5-3-2-4-6-12)13-7-9-14(18)10-8-13/h2-10,16H,11H2,1H3/t16-/m1/s1. The summed E-state index contributed by atoms with van der Waals surface area (Å²) in [5.74, 6) is -0.558. The Morgan fingerprint density at radius 3 is 2.20 bits per heavy atom. The lowest BCUT2D eigenvalue weighted by molar-refractivity contribution is -0.128. The zero-order valence-corrected chi connectivity index (χ0v) is 11.8. The van der Waals surface area contributed by atoms with E-state index < -0.39 is 0 Å². The third-order valence-corrected chi connectivity index (χ3v) is 3.42. The zero-order chi connectivity index (χ0) is 14.5. The average Bonchev–Trinajstić information content (AvgIpc) is 2.49. The van der Waals surface area contributed by atoms with Gasteiger partial charge in [-0.25, -0.2) is 4.39 Å². The highest BCUT2D eigenvalue weighted by molar-refractivity contribution is 6.27. The average molecular weight is 292 g/mol. The van der Waals surface area contributed by atoms with Crippen LogP contribution in [0.15, 0.2) is 54.6 Å². The van der Waals surface area contributed by atoms with E-state index in [0.717, 1.165) is 11.1 Å². The van der Waals surface area contributed by atoms with Gasteiger partial charge in [-0.1, -0.05) is 42.5 Å². The first kappa shape index (κ1) is 14.5. The monoisotopic (exact) mass is 291 g/mol. The minimum Gasteiger partial charge on any atom is -0.334 e. The van der Waals surface area contributed by atoms with E-state index in [1.807, 2.05) is 30.3 Å². The van der Waals surface area contributed by atoms with Crippen molar-refractivity contribution in [3.63, 3.8) is 0 Å². The summed E-state index contributed by atoms with van der Waals surface area (Å²) < 4.78 is 13.1. The number of carbonyl (C=O) groups is 1. The normalized spacial score (nSPS) is 11.9. The molecule has 0 radical (unpaired) electrons. The van der Waals surface area contributed by atoms with Gasteiger partial charge in [-0.05, 0) is 23.3 Å². The van der Waals surface area contributed by atoms with Crippen LogP contribution in [0.2, 0.25) is 0 Å². The number of halogens is 2. The Morgan fingerprint density at radius 2 is 1.65 bits per heavy atom. The molecule has 104 valence electrons. The highest BCUT2D eigenvalue weighted by Gasteiger charge is 2.22. The van der Waals surface area contributed by atoms with Crippen molar-refractivity contribution < 1.29 is 9.18 Å². The number of rotatable bonds is 4. The Kier molecular flexibility index (Phi) is 4.74. The number of carbonyl (C=O) groups excluding carboxylic acids is 1. The predicted molar refractivity (Wildman–Crippen MR) is 78.2 cm³/mol. The van der Waals surface area contributed by atoms with Crippen molar-refractivity contribution in [3.8, 4) is 0 Å². The molecule has 0 heterocycles. The van der Waals surface area contributed by atoms with Crippen LogP contribution in [0.1, 0.15) is 17.2 Å². The van der Waals surface area contributed by atoms with E-state index in [-0.39, 0.29) is 23.6 Å². The van der Waals surface area contributed by atoms with Crippen LogP contribution in [-0.4, -0.2) is 23.7 Å². The van der Waals surface area contributed by atoms with Gasteiger partial charge in [0.15, 0.2) is 0 Å². The Hall–Kier alpha value is -1.87. The van der Waals surface area contributed by atoms with E-state index in [4.69, 9.17) is 11.6 Å². The highest BCUT2D eigenvalue weighted by atomic mass is 35.5. The molecule has 2 rings (SSSR count). The third-order valence-electron chi connectivity index (χ3n) is 3.20. The summed E-state index contributed by atoms with van der Waals surface area (Å²) in [6.45, 7) is 0. The molecule has 2 aromatic carbocycles. The van der Waals surface area contributed by atoms with E-state index in [0.29, 0.717) is 0 Å². The molecule has 0 aliphatic rings. The fourth-order valence-electron chi connectivity index (χ4n) is 2.16. The first-order valence-electron chi connectivity index (χ1n) is 6.25. The SMILES string of the molecule is CN(C(=O)CCl)[C@H](c1ccccc1)c1ccc(F)cc1. The van der Waals surface area contributed by atoms with Crippen LogP contribution in [-0.2, 0) is 4.79 Å². The van der Waals surface area contributed by atoms with Gasteiger partial charge in [0.2, 0.25) is 5.91 Å². The summed E-state index contributed by atoms with van der Waals surface area (Å²) in [5.41, 5.74) is 1.80. The number of hydrogen-bond donors (Lipinski definition) is 0. The smallest absolute Gasteiger partial charge is 0.238 e. The van der Waals surface area contributed by atoms with Crippen LogP contribution in [0, 0.1) is 5.82 Å². The van der Waals surface area contributed by atoms with Gasteiger partial charge < -0.3 is 4.90 Å². The van der Waals surface area contributed by atoms with Crippen LogP contribution in [0.25, 0.3) is 0 Å². The Labute approximate surface area is 122 Å². The van der Waals surface area contributed by atoms with Gasteiger partial charge in [0.1, 0.15) is 11.7 Å². The van der Waals surface area contributed by atoms with Crippen LogP contribution in [0.3, 0.4) is 0 Å². The first-order valence-corrected chi connectivity index (χ1v) is 6.79. The molecule has 0 aliphatic carbocycles. The topological polar surface area (TPSA) is 20.3 Å². The van der Waals surface area contributed by atoms with Crippen molar-refractivity contribution in [2.24, 2.45) is 0 Å². The van der Waals surface area contributed by atoms with Crippen molar-refractivity contribution >= 4 is 17.5 Å². The van der Waals surface area contributed by atoms with Crippen LogP contribution < -0.4 is 0 Å². The van der Waals surface area contributed by atoms with Crippen molar-refractivity contribution in [2.45, 2.75) is 6.04 Å².